The summed E-state index contributed by atoms with van der Waals surface area (Å²) in [4.78, 5) is 1.13. The molecule has 0 aliphatic carbocycles. The molecule has 7 heteroatoms. The Balaban J connectivity index is 2.35. The van der Waals surface area contributed by atoms with Crippen LogP contribution in [0.15, 0.2) is 65.3 Å². The molecule has 0 fully saturated rings. The van der Waals surface area contributed by atoms with Crippen molar-refractivity contribution in [2.24, 2.45) is 0 Å². The summed E-state index contributed by atoms with van der Waals surface area (Å²) in [6, 6.07) is 10.8. The van der Waals surface area contributed by atoms with E-state index >= 15 is 0 Å². The van der Waals surface area contributed by atoms with Crippen molar-refractivity contribution in [3.63, 3.8) is 0 Å². The van der Waals surface area contributed by atoms with Crippen LogP contribution < -0.4 is 4.74 Å². The Labute approximate surface area is 168 Å². The average molecular weight is 454 g/mol. The lowest BCUT2D eigenvalue weighted by Gasteiger charge is -2.34. The van der Waals surface area contributed by atoms with Crippen LogP contribution in [-0.2, 0) is 0 Å². The van der Waals surface area contributed by atoms with Gasteiger partial charge in [-0.2, -0.15) is 0 Å². The molecule has 28 heavy (non-hydrogen) atoms. The highest BCUT2D eigenvalue weighted by Crippen LogP contribution is 2.43. The highest BCUT2D eigenvalue weighted by molar-refractivity contribution is 9.12. The van der Waals surface area contributed by atoms with E-state index in [9.17, 15) is 17.6 Å². The second-order valence-corrected chi connectivity index (χ2v) is 6.89. The smallest absolute Gasteiger partial charge is 0.256 e. The zero-order valence-corrected chi connectivity index (χ0v) is 16.4. The second-order valence-electron chi connectivity index (χ2n) is 6.04. The van der Waals surface area contributed by atoms with Crippen molar-refractivity contribution in [3.05, 3.63) is 88.1 Å². The Bertz CT molecular complexity index is 947. The van der Waals surface area contributed by atoms with Gasteiger partial charge in [0.15, 0.2) is 0 Å². The van der Waals surface area contributed by atoms with Crippen molar-refractivity contribution in [1.82, 2.24) is 4.90 Å². The summed E-state index contributed by atoms with van der Waals surface area (Å²) in [5.41, 5.74) is 0.763. The molecular formula is C21H16BrF4NO. The van der Waals surface area contributed by atoms with Gasteiger partial charge < -0.3 is 9.64 Å². The molecule has 0 amide bonds. The summed E-state index contributed by atoms with van der Waals surface area (Å²) >= 11 is 3.31. The number of halogens is 5. The number of rotatable bonds is 5. The van der Waals surface area contributed by atoms with Gasteiger partial charge in [-0.25, -0.2) is 17.6 Å². The van der Waals surface area contributed by atoms with Crippen molar-refractivity contribution in [1.29, 1.82) is 0 Å². The molecule has 146 valence electrons. The largest absolute Gasteiger partial charge is 0.497 e. The quantitative estimate of drug-likeness (QED) is 0.498. The maximum absolute atomic E-state index is 14.9. The summed E-state index contributed by atoms with van der Waals surface area (Å²) in [5, 5.41) is 0. The van der Waals surface area contributed by atoms with Crippen LogP contribution in [0, 0.1) is 11.6 Å². The van der Waals surface area contributed by atoms with Gasteiger partial charge in [-0.3, -0.25) is 0 Å². The number of hydrogen-bond acceptors (Lipinski definition) is 2. The summed E-state index contributed by atoms with van der Waals surface area (Å²) in [7, 11) is 1.29. The molecule has 0 aromatic heterocycles. The Morgan fingerprint density at radius 3 is 2.25 bits per heavy atom. The van der Waals surface area contributed by atoms with Gasteiger partial charge in [0.1, 0.15) is 17.4 Å². The lowest BCUT2D eigenvalue weighted by atomic mass is 9.94. The van der Waals surface area contributed by atoms with Gasteiger partial charge in [0, 0.05) is 27.9 Å². The van der Waals surface area contributed by atoms with E-state index in [1.165, 1.54) is 7.11 Å². The maximum Gasteiger partial charge on any atom is 0.256 e. The number of benzene rings is 2. The standard InChI is InChI=1S/C21H16BrF4NO/c1-12-16(22)10-15(13-6-4-3-5-7-13)21(27(12)11-19(25)26)20-17(23)8-14(28-2)9-18(20)24/h3-10,19H,1,11H2,2H3. The molecule has 2 aromatic carbocycles. The van der Waals surface area contributed by atoms with Crippen LogP contribution in [-0.4, -0.2) is 25.0 Å². The number of ether oxygens (including phenoxy) is 1. The fourth-order valence-corrected chi connectivity index (χ4v) is 3.47. The summed E-state index contributed by atoms with van der Waals surface area (Å²) < 4.78 is 61.7. The number of hydrogen-bond donors (Lipinski definition) is 0. The van der Waals surface area contributed by atoms with Gasteiger partial charge in [-0.1, -0.05) is 36.9 Å². The predicted molar refractivity (Wildman–Crippen MR) is 105 cm³/mol. The molecule has 1 aliphatic rings. The number of nitrogens with zero attached hydrogens (tertiary/aromatic N) is 1. The maximum atomic E-state index is 14.9. The second kappa shape index (κ2) is 8.22. The van der Waals surface area contributed by atoms with Crippen LogP contribution in [0.25, 0.3) is 11.3 Å². The molecule has 2 aromatic rings. The monoisotopic (exact) mass is 453 g/mol. The van der Waals surface area contributed by atoms with E-state index in [-0.39, 0.29) is 17.1 Å². The first-order chi connectivity index (χ1) is 13.3. The number of methoxy groups -OCH3 is 1. The van der Waals surface area contributed by atoms with E-state index in [1.54, 1.807) is 36.4 Å². The van der Waals surface area contributed by atoms with Crippen LogP contribution in [0.1, 0.15) is 11.1 Å². The Hall–Kier alpha value is -2.54. The molecular weight excluding hydrogens is 438 g/mol. The normalized spacial score (nSPS) is 14.6. The summed E-state index contributed by atoms with van der Waals surface area (Å²) in [5.74, 6) is -1.84. The highest BCUT2D eigenvalue weighted by atomic mass is 79.9. The molecule has 0 saturated carbocycles. The molecule has 0 saturated heterocycles. The topological polar surface area (TPSA) is 12.5 Å². The minimum Gasteiger partial charge on any atom is -0.497 e. The van der Waals surface area contributed by atoms with Gasteiger partial charge in [-0.15, -0.1) is 0 Å². The van der Waals surface area contributed by atoms with E-state index in [1.807, 2.05) is 0 Å². The molecule has 1 aliphatic heterocycles. The van der Waals surface area contributed by atoms with Crippen molar-refractivity contribution in [2.75, 3.05) is 13.7 Å². The number of alkyl halides is 2. The summed E-state index contributed by atoms with van der Waals surface area (Å²) in [6.07, 6.45) is -1.12. The van der Waals surface area contributed by atoms with Crippen LogP contribution in [0.3, 0.4) is 0 Å². The third-order valence-electron chi connectivity index (χ3n) is 4.29. The van der Waals surface area contributed by atoms with Gasteiger partial charge >= 0.3 is 0 Å². The van der Waals surface area contributed by atoms with E-state index in [0.29, 0.717) is 15.6 Å². The molecule has 2 nitrogen and oxygen atoms in total. The Morgan fingerprint density at radius 2 is 1.71 bits per heavy atom. The van der Waals surface area contributed by atoms with Gasteiger partial charge in [0.25, 0.3) is 6.43 Å². The molecule has 0 atom stereocenters. The zero-order chi connectivity index (χ0) is 20.4. The number of allylic oxidation sites excluding steroid dienone is 3. The minimum absolute atomic E-state index is 0.00706. The Kier molecular flexibility index (Phi) is 5.93. The van der Waals surface area contributed by atoms with Crippen LogP contribution in [0.2, 0.25) is 0 Å². The Morgan fingerprint density at radius 1 is 1.11 bits per heavy atom. The molecule has 0 N–H and O–H groups in total. The van der Waals surface area contributed by atoms with Crippen LogP contribution in [0.4, 0.5) is 17.6 Å². The first-order valence-corrected chi connectivity index (χ1v) is 9.08. The fraction of sp³-hybridized carbons (Fsp3) is 0.143. The molecule has 0 radical (unpaired) electrons. The van der Waals surface area contributed by atoms with Crippen LogP contribution >= 0.6 is 15.9 Å². The van der Waals surface area contributed by atoms with Gasteiger partial charge in [0.2, 0.25) is 0 Å². The molecule has 1 heterocycles. The third-order valence-corrected chi connectivity index (χ3v) is 4.98. The van der Waals surface area contributed by atoms with E-state index in [0.717, 1.165) is 17.0 Å². The van der Waals surface area contributed by atoms with Crippen LogP contribution in [0.5, 0.6) is 5.75 Å². The van der Waals surface area contributed by atoms with Crippen molar-refractivity contribution in [3.8, 4) is 5.75 Å². The molecule has 0 unspecified atom stereocenters. The van der Waals surface area contributed by atoms with E-state index in [4.69, 9.17) is 4.74 Å². The minimum atomic E-state index is -2.74. The predicted octanol–water partition coefficient (Wildman–Crippen LogP) is 6.21. The van der Waals surface area contributed by atoms with E-state index in [2.05, 4.69) is 22.5 Å². The fourth-order valence-electron chi connectivity index (χ4n) is 3.03. The van der Waals surface area contributed by atoms with E-state index < -0.39 is 30.2 Å². The molecule has 0 spiro atoms. The molecule has 3 rings (SSSR count). The van der Waals surface area contributed by atoms with Crippen molar-refractivity contribution < 1.29 is 22.3 Å². The zero-order valence-electron chi connectivity index (χ0n) is 14.9. The molecule has 0 bridgehead atoms. The van der Waals surface area contributed by atoms with Crippen molar-refractivity contribution in [2.45, 2.75) is 6.43 Å². The van der Waals surface area contributed by atoms with Gasteiger partial charge in [-0.05, 0) is 27.6 Å². The first-order valence-electron chi connectivity index (χ1n) is 8.28. The highest BCUT2D eigenvalue weighted by Gasteiger charge is 2.31. The van der Waals surface area contributed by atoms with Crippen molar-refractivity contribution >= 4 is 27.2 Å². The third kappa shape index (κ3) is 3.85. The summed E-state index contributed by atoms with van der Waals surface area (Å²) in [6.45, 7) is 3.03. The lowest BCUT2D eigenvalue weighted by molar-refractivity contribution is 0.123. The van der Waals surface area contributed by atoms with Gasteiger partial charge in [0.05, 0.1) is 24.9 Å². The lowest BCUT2D eigenvalue weighted by Crippen LogP contribution is -2.30. The SMILES string of the molecule is C=C1C(Br)=CC(c2ccccc2)=C(c2c(F)cc(OC)cc2F)N1CC(F)F. The first kappa shape index (κ1) is 20.2. The average Bonchev–Trinajstić information content (AvgIpc) is 2.66.